The molecule has 1 amide bonds. The molecule has 2 heterocycles. The summed E-state index contributed by atoms with van der Waals surface area (Å²) in [5.74, 6) is 0.950. The largest absolute Gasteiger partial charge is 0.496 e. The summed E-state index contributed by atoms with van der Waals surface area (Å²) in [6.07, 6.45) is 2.04. The van der Waals surface area contributed by atoms with Gasteiger partial charge in [-0.1, -0.05) is 23.2 Å². The molecule has 0 unspecified atom stereocenters. The number of nitrogens with one attached hydrogen (secondary N) is 3. The molecule has 1 fully saturated rings. The topological polar surface area (TPSA) is 66.2 Å². The Morgan fingerprint density at radius 1 is 1.06 bits per heavy atom. The molecule has 1 saturated heterocycles. The molecule has 7 heteroatoms. The van der Waals surface area contributed by atoms with E-state index in [4.69, 9.17) is 27.9 Å². The van der Waals surface area contributed by atoms with E-state index in [0.717, 1.165) is 35.0 Å². The molecule has 1 aliphatic rings. The molecule has 3 N–H and O–H groups in total. The molecule has 2 aromatic carbocycles. The lowest BCUT2D eigenvalue weighted by Gasteiger charge is -2.46. The molecule has 176 valence electrons. The number of aromatic nitrogens is 1. The second-order valence-corrected chi connectivity index (χ2v) is 11.1. The SMILES string of the molecule is COc1cc(C(=O)NCC2CC(C)(C)NC(C)(C)C2)ccc1-c1cc2cc(Cl)c(Cl)cc2[nH]1. The maximum absolute atomic E-state index is 12.9. The number of ether oxygens (including phenoxy) is 1. The molecule has 0 bridgehead atoms. The van der Waals surface area contributed by atoms with Crippen molar-refractivity contribution in [2.24, 2.45) is 5.92 Å². The van der Waals surface area contributed by atoms with Crippen LogP contribution in [0.4, 0.5) is 0 Å². The van der Waals surface area contributed by atoms with Crippen LogP contribution in [0, 0.1) is 5.92 Å². The number of hydrogen-bond donors (Lipinski definition) is 3. The van der Waals surface area contributed by atoms with Crippen molar-refractivity contribution in [1.29, 1.82) is 0 Å². The lowest BCUT2D eigenvalue weighted by molar-refractivity contribution is 0.0905. The molecule has 3 aromatic rings. The van der Waals surface area contributed by atoms with Crippen molar-refractivity contribution in [3.63, 3.8) is 0 Å². The van der Waals surface area contributed by atoms with Gasteiger partial charge in [-0.3, -0.25) is 4.79 Å². The molecule has 0 atom stereocenters. The van der Waals surface area contributed by atoms with E-state index in [9.17, 15) is 4.79 Å². The summed E-state index contributed by atoms with van der Waals surface area (Å²) in [6.45, 7) is 9.54. The smallest absolute Gasteiger partial charge is 0.251 e. The first-order chi connectivity index (χ1) is 15.5. The molecule has 0 aliphatic carbocycles. The van der Waals surface area contributed by atoms with Gasteiger partial charge in [-0.25, -0.2) is 0 Å². The second-order valence-electron chi connectivity index (χ2n) is 10.3. The highest BCUT2D eigenvalue weighted by Gasteiger charge is 2.37. The number of halogens is 2. The fraction of sp³-hybridized carbons (Fsp3) is 0.423. The third-order valence-electron chi connectivity index (χ3n) is 6.24. The second kappa shape index (κ2) is 8.86. The van der Waals surface area contributed by atoms with Crippen LogP contribution in [-0.4, -0.2) is 35.6 Å². The zero-order valence-electron chi connectivity index (χ0n) is 19.7. The summed E-state index contributed by atoms with van der Waals surface area (Å²) >= 11 is 12.3. The van der Waals surface area contributed by atoms with Gasteiger partial charge in [-0.05, 0) is 82.9 Å². The number of aromatic amines is 1. The number of methoxy groups -OCH3 is 1. The van der Waals surface area contributed by atoms with E-state index < -0.39 is 0 Å². The Kier molecular flexibility index (Phi) is 6.43. The molecule has 1 aromatic heterocycles. The average Bonchev–Trinajstić information content (AvgIpc) is 3.12. The highest BCUT2D eigenvalue weighted by molar-refractivity contribution is 6.42. The number of H-pyrrole nitrogens is 1. The fourth-order valence-corrected chi connectivity index (χ4v) is 5.68. The average molecular weight is 488 g/mol. The number of carbonyl (C=O) groups is 1. The van der Waals surface area contributed by atoms with Gasteiger partial charge in [0.2, 0.25) is 0 Å². The number of fused-ring (bicyclic) bond motifs is 1. The number of amides is 1. The van der Waals surface area contributed by atoms with Crippen molar-refractivity contribution in [1.82, 2.24) is 15.6 Å². The van der Waals surface area contributed by atoms with Crippen LogP contribution in [0.25, 0.3) is 22.2 Å². The first kappa shape index (κ1) is 23.9. The van der Waals surface area contributed by atoms with Crippen molar-refractivity contribution in [2.45, 2.75) is 51.6 Å². The van der Waals surface area contributed by atoms with Crippen LogP contribution < -0.4 is 15.4 Å². The highest BCUT2D eigenvalue weighted by atomic mass is 35.5. The van der Waals surface area contributed by atoms with Crippen LogP contribution in [-0.2, 0) is 0 Å². The predicted octanol–water partition coefficient (Wildman–Crippen LogP) is 6.44. The summed E-state index contributed by atoms with van der Waals surface area (Å²) in [6, 6.07) is 11.1. The lowest BCUT2D eigenvalue weighted by atomic mass is 9.76. The Hall–Kier alpha value is -2.21. The van der Waals surface area contributed by atoms with E-state index in [1.807, 2.05) is 24.3 Å². The fourth-order valence-electron chi connectivity index (χ4n) is 5.34. The van der Waals surface area contributed by atoms with Crippen molar-refractivity contribution in [2.75, 3.05) is 13.7 Å². The Bertz CT molecular complexity index is 1140. The van der Waals surface area contributed by atoms with Crippen LogP contribution in [0.2, 0.25) is 10.0 Å². The minimum absolute atomic E-state index is 0.0516. The summed E-state index contributed by atoms with van der Waals surface area (Å²) in [5, 5.41) is 8.78. The summed E-state index contributed by atoms with van der Waals surface area (Å²) < 4.78 is 5.62. The molecule has 0 spiro atoms. The summed E-state index contributed by atoms with van der Waals surface area (Å²) in [7, 11) is 1.61. The maximum atomic E-state index is 12.9. The van der Waals surface area contributed by atoms with Gasteiger partial charge < -0.3 is 20.4 Å². The standard InChI is InChI=1S/C26H31Cl2N3O2/c1-25(2)12-15(13-26(3,4)31-25)14-29-24(32)16-6-7-18(23(10-16)33-5)22-9-17-8-19(27)20(28)11-21(17)30-22/h6-11,15,30-31H,12-14H2,1-5H3,(H,29,32). The monoisotopic (exact) mass is 487 g/mol. The van der Waals surface area contributed by atoms with E-state index in [2.05, 4.69) is 43.3 Å². The normalized spacial score (nSPS) is 17.8. The van der Waals surface area contributed by atoms with E-state index in [-0.39, 0.29) is 17.0 Å². The third kappa shape index (κ3) is 5.32. The zero-order chi connectivity index (χ0) is 24.0. The molecular formula is C26H31Cl2N3O2. The van der Waals surface area contributed by atoms with Gasteiger partial charge in [-0.2, -0.15) is 0 Å². The molecular weight excluding hydrogens is 457 g/mol. The maximum Gasteiger partial charge on any atom is 0.251 e. The van der Waals surface area contributed by atoms with Crippen LogP contribution in [0.1, 0.15) is 50.9 Å². The summed E-state index contributed by atoms with van der Waals surface area (Å²) in [4.78, 5) is 16.3. The van der Waals surface area contributed by atoms with Gasteiger partial charge >= 0.3 is 0 Å². The van der Waals surface area contributed by atoms with Crippen molar-refractivity contribution in [3.8, 4) is 17.0 Å². The molecule has 4 rings (SSSR count). The van der Waals surface area contributed by atoms with Gasteiger partial charge in [0.25, 0.3) is 5.91 Å². The van der Waals surface area contributed by atoms with Crippen LogP contribution in [0.15, 0.2) is 36.4 Å². The quantitative estimate of drug-likeness (QED) is 0.387. The van der Waals surface area contributed by atoms with E-state index >= 15 is 0 Å². The number of carbonyl (C=O) groups excluding carboxylic acids is 1. The Morgan fingerprint density at radius 3 is 2.39 bits per heavy atom. The van der Waals surface area contributed by atoms with Crippen molar-refractivity contribution < 1.29 is 9.53 Å². The van der Waals surface area contributed by atoms with Crippen LogP contribution in [0.5, 0.6) is 5.75 Å². The van der Waals surface area contributed by atoms with Crippen LogP contribution in [0.3, 0.4) is 0 Å². The lowest BCUT2D eigenvalue weighted by Crippen LogP contribution is -2.59. The number of benzene rings is 2. The van der Waals surface area contributed by atoms with Gasteiger partial charge in [0.05, 0.1) is 22.8 Å². The van der Waals surface area contributed by atoms with E-state index in [1.54, 1.807) is 19.2 Å². The van der Waals surface area contributed by atoms with Crippen molar-refractivity contribution in [3.05, 3.63) is 52.0 Å². The highest BCUT2D eigenvalue weighted by Crippen LogP contribution is 2.35. The molecule has 5 nitrogen and oxygen atoms in total. The van der Waals surface area contributed by atoms with Gasteiger partial charge in [0, 0.05) is 39.7 Å². The molecule has 1 aliphatic heterocycles. The Morgan fingerprint density at radius 2 is 1.73 bits per heavy atom. The number of piperidine rings is 1. The molecule has 0 saturated carbocycles. The Labute approximate surface area is 205 Å². The molecule has 33 heavy (non-hydrogen) atoms. The minimum atomic E-state index is -0.0933. The first-order valence-electron chi connectivity index (χ1n) is 11.2. The third-order valence-corrected chi connectivity index (χ3v) is 6.96. The Balaban J connectivity index is 1.51. The first-order valence-corrected chi connectivity index (χ1v) is 12.0. The van der Waals surface area contributed by atoms with E-state index in [0.29, 0.717) is 33.8 Å². The zero-order valence-corrected chi connectivity index (χ0v) is 21.2. The number of rotatable bonds is 5. The van der Waals surface area contributed by atoms with Crippen LogP contribution >= 0.6 is 23.2 Å². The van der Waals surface area contributed by atoms with Gasteiger partial charge in [0.1, 0.15) is 5.75 Å². The van der Waals surface area contributed by atoms with E-state index in [1.165, 1.54) is 0 Å². The summed E-state index contributed by atoms with van der Waals surface area (Å²) in [5.41, 5.74) is 3.29. The number of hydrogen-bond acceptors (Lipinski definition) is 3. The predicted molar refractivity (Wildman–Crippen MR) is 137 cm³/mol. The minimum Gasteiger partial charge on any atom is -0.496 e. The molecule has 0 radical (unpaired) electrons. The van der Waals surface area contributed by atoms with Gasteiger partial charge in [-0.15, -0.1) is 0 Å². The van der Waals surface area contributed by atoms with Crippen molar-refractivity contribution >= 4 is 40.0 Å². The van der Waals surface area contributed by atoms with Gasteiger partial charge in [0.15, 0.2) is 0 Å².